The zero-order valence-electron chi connectivity index (χ0n) is 15.1. The predicted octanol–water partition coefficient (Wildman–Crippen LogP) is 3.45. The molecule has 2 aromatic rings. The SMILES string of the molecule is O=C1NC(=O)[C@]2(N1)C(=O)N(CC=Cc1ccc(Cl)c(C(F)(F)F)c1)c1ccccc12. The number of hydrogen-bond donors (Lipinski definition) is 2. The minimum absolute atomic E-state index is 0.0231. The van der Waals surface area contributed by atoms with Gasteiger partial charge in [0.15, 0.2) is 0 Å². The van der Waals surface area contributed by atoms with Crippen LogP contribution in [0.15, 0.2) is 48.5 Å². The Hall–Kier alpha value is -3.33. The van der Waals surface area contributed by atoms with Crippen molar-refractivity contribution in [1.82, 2.24) is 10.6 Å². The second-order valence-electron chi connectivity index (χ2n) is 6.73. The molecule has 2 heterocycles. The summed E-state index contributed by atoms with van der Waals surface area (Å²) in [5, 5.41) is 4.07. The summed E-state index contributed by atoms with van der Waals surface area (Å²) in [6, 6.07) is 9.19. The van der Waals surface area contributed by atoms with Gasteiger partial charge in [0.2, 0.25) is 5.54 Å². The average Bonchev–Trinajstić information content (AvgIpc) is 3.11. The molecule has 4 rings (SSSR count). The van der Waals surface area contributed by atoms with Crippen molar-refractivity contribution in [2.45, 2.75) is 11.7 Å². The molecule has 10 heteroatoms. The van der Waals surface area contributed by atoms with E-state index in [9.17, 15) is 27.6 Å². The van der Waals surface area contributed by atoms with Crippen molar-refractivity contribution in [2.24, 2.45) is 0 Å². The summed E-state index contributed by atoms with van der Waals surface area (Å²) in [6.07, 6.45) is -1.68. The van der Waals surface area contributed by atoms with E-state index in [-0.39, 0.29) is 12.1 Å². The molecular formula is C20H13ClF3N3O3. The number of alkyl halides is 3. The molecule has 0 bridgehead atoms. The lowest BCUT2D eigenvalue weighted by atomic mass is 9.92. The molecule has 0 unspecified atom stereocenters. The van der Waals surface area contributed by atoms with Crippen LogP contribution in [0.1, 0.15) is 16.7 Å². The van der Waals surface area contributed by atoms with Gasteiger partial charge in [-0.15, -0.1) is 0 Å². The quantitative estimate of drug-likeness (QED) is 0.572. The van der Waals surface area contributed by atoms with E-state index in [0.29, 0.717) is 11.3 Å². The Bertz CT molecular complexity index is 1120. The summed E-state index contributed by atoms with van der Waals surface area (Å²) >= 11 is 5.62. The van der Waals surface area contributed by atoms with Gasteiger partial charge in [0.05, 0.1) is 16.3 Å². The molecule has 2 aromatic carbocycles. The van der Waals surface area contributed by atoms with Gasteiger partial charge in [-0.3, -0.25) is 14.9 Å². The minimum atomic E-state index is -4.59. The van der Waals surface area contributed by atoms with E-state index < -0.39 is 40.1 Å². The molecule has 1 atom stereocenters. The molecule has 6 nitrogen and oxygen atoms in total. The first-order valence-electron chi connectivity index (χ1n) is 8.73. The van der Waals surface area contributed by atoms with E-state index in [0.717, 1.165) is 12.1 Å². The lowest BCUT2D eigenvalue weighted by Crippen LogP contribution is -2.52. The number of hydrogen-bond acceptors (Lipinski definition) is 3. The van der Waals surface area contributed by atoms with Gasteiger partial charge in [0, 0.05) is 12.1 Å². The van der Waals surface area contributed by atoms with Crippen LogP contribution in [0, 0.1) is 0 Å². The van der Waals surface area contributed by atoms with Crippen LogP contribution < -0.4 is 15.5 Å². The fourth-order valence-corrected chi connectivity index (χ4v) is 3.81. The maximum Gasteiger partial charge on any atom is 0.417 e. The highest BCUT2D eigenvalue weighted by Crippen LogP contribution is 2.42. The van der Waals surface area contributed by atoms with Crippen LogP contribution in [-0.4, -0.2) is 24.4 Å². The van der Waals surface area contributed by atoms with E-state index in [4.69, 9.17) is 11.6 Å². The third kappa shape index (κ3) is 3.02. The molecule has 2 aliphatic rings. The zero-order valence-corrected chi connectivity index (χ0v) is 15.8. The van der Waals surface area contributed by atoms with Crippen LogP contribution in [0.5, 0.6) is 0 Å². The smallest absolute Gasteiger partial charge is 0.312 e. The highest BCUT2D eigenvalue weighted by atomic mass is 35.5. The molecule has 1 spiro atoms. The lowest BCUT2D eigenvalue weighted by Gasteiger charge is -2.20. The Morgan fingerprint density at radius 1 is 1.10 bits per heavy atom. The molecule has 0 saturated carbocycles. The van der Waals surface area contributed by atoms with Crippen molar-refractivity contribution in [2.75, 3.05) is 11.4 Å². The Morgan fingerprint density at radius 2 is 1.83 bits per heavy atom. The fourth-order valence-electron chi connectivity index (χ4n) is 3.59. The summed E-state index contributed by atoms with van der Waals surface area (Å²) < 4.78 is 39.1. The molecule has 4 amide bonds. The van der Waals surface area contributed by atoms with E-state index in [1.165, 1.54) is 23.1 Å². The number of imide groups is 1. The first-order chi connectivity index (χ1) is 14.1. The fraction of sp³-hybridized carbons (Fsp3) is 0.150. The van der Waals surface area contributed by atoms with Gasteiger partial charge in [-0.2, -0.15) is 13.2 Å². The second kappa shape index (κ2) is 6.88. The van der Waals surface area contributed by atoms with E-state index >= 15 is 0 Å². The van der Waals surface area contributed by atoms with Crippen LogP contribution in [0.2, 0.25) is 5.02 Å². The first kappa shape index (κ1) is 20.0. The number of anilines is 1. The summed E-state index contributed by atoms with van der Waals surface area (Å²) in [5.74, 6) is -1.42. The van der Waals surface area contributed by atoms with Crippen molar-refractivity contribution in [3.63, 3.8) is 0 Å². The van der Waals surface area contributed by atoms with Gasteiger partial charge >= 0.3 is 12.2 Å². The Balaban J connectivity index is 1.63. The molecule has 0 radical (unpaired) electrons. The van der Waals surface area contributed by atoms with Crippen LogP contribution in [0.25, 0.3) is 6.08 Å². The van der Waals surface area contributed by atoms with E-state index in [2.05, 4.69) is 10.6 Å². The number of amides is 4. The molecule has 2 aliphatic heterocycles. The van der Waals surface area contributed by atoms with Crippen molar-refractivity contribution >= 4 is 41.2 Å². The van der Waals surface area contributed by atoms with Crippen LogP contribution in [0.4, 0.5) is 23.7 Å². The Labute approximate surface area is 173 Å². The van der Waals surface area contributed by atoms with Gasteiger partial charge in [-0.1, -0.05) is 48.0 Å². The molecular weight excluding hydrogens is 423 g/mol. The summed E-state index contributed by atoms with van der Waals surface area (Å²) in [7, 11) is 0. The van der Waals surface area contributed by atoms with Crippen molar-refractivity contribution in [1.29, 1.82) is 0 Å². The average molecular weight is 436 g/mol. The number of benzene rings is 2. The van der Waals surface area contributed by atoms with Gasteiger partial charge in [-0.05, 0) is 23.8 Å². The van der Waals surface area contributed by atoms with Gasteiger partial charge < -0.3 is 10.2 Å². The molecule has 1 saturated heterocycles. The number of nitrogens with one attached hydrogen (secondary N) is 2. The Morgan fingerprint density at radius 3 is 2.50 bits per heavy atom. The topological polar surface area (TPSA) is 78.5 Å². The third-order valence-corrected chi connectivity index (χ3v) is 5.26. The lowest BCUT2D eigenvalue weighted by molar-refractivity contribution is -0.137. The number of carbonyl (C=O) groups excluding carboxylic acids is 3. The van der Waals surface area contributed by atoms with Gasteiger partial charge in [-0.25, -0.2) is 4.79 Å². The summed E-state index contributed by atoms with van der Waals surface area (Å²) in [5.41, 5.74) is -1.80. The molecule has 30 heavy (non-hydrogen) atoms. The standard InChI is InChI=1S/C20H13ClF3N3O3/c21-14-8-7-11(10-13(14)20(22,23)24)4-3-9-27-15-6-2-1-5-12(15)19(17(27)29)16(28)25-18(30)26-19/h1-8,10H,9H2,(H2,25,26,28,30)/t19-/m0/s1. The molecule has 0 aliphatic carbocycles. The first-order valence-corrected chi connectivity index (χ1v) is 9.11. The normalized spacial score (nSPS) is 20.8. The highest BCUT2D eigenvalue weighted by molar-refractivity contribution is 6.31. The number of urea groups is 1. The van der Waals surface area contributed by atoms with Crippen LogP contribution in [-0.2, 0) is 21.3 Å². The highest BCUT2D eigenvalue weighted by Gasteiger charge is 2.60. The van der Waals surface area contributed by atoms with Gasteiger partial charge in [0.25, 0.3) is 11.8 Å². The second-order valence-corrected chi connectivity index (χ2v) is 7.14. The monoisotopic (exact) mass is 435 g/mol. The van der Waals surface area contributed by atoms with Gasteiger partial charge in [0.1, 0.15) is 0 Å². The van der Waals surface area contributed by atoms with Crippen molar-refractivity contribution in [3.8, 4) is 0 Å². The zero-order chi connectivity index (χ0) is 21.7. The summed E-state index contributed by atoms with van der Waals surface area (Å²) in [4.78, 5) is 38.4. The van der Waals surface area contributed by atoms with Crippen molar-refractivity contribution in [3.05, 3.63) is 70.3 Å². The largest absolute Gasteiger partial charge is 0.417 e. The number of halogens is 4. The molecule has 0 aromatic heterocycles. The number of rotatable bonds is 3. The van der Waals surface area contributed by atoms with E-state index in [1.807, 2.05) is 0 Å². The van der Waals surface area contributed by atoms with Crippen LogP contribution in [0.3, 0.4) is 0 Å². The maximum absolute atomic E-state index is 13.1. The molecule has 2 N–H and O–H groups in total. The van der Waals surface area contributed by atoms with E-state index in [1.54, 1.807) is 24.3 Å². The van der Waals surface area contributed by atoms with Crippen molar-refractivity contribution < 1.29 is 27.6 Å². The number of fused-ring (bicyclic) bond motifs is 2. The number of para-hydroxylation sites is 1. The van der Waals surface area contributed by atoms with Crippen LogP contribution >= 0.6 is 11.6 Å². The minimum Gasteiger partial charge on any atom is -0.312 e. The third-order valence-electron chi connectivity index (χ3n) is 4.93. The Kier molecular flexibility index (Phi) is 4.58. The summed E-state index contributed by atoms with van der Waals surface area (Å²) in [6.45, 7) is -0.0231. The number of carbonyl (C=O) groups is 3. The predicted molar refractivity (Wildman–Crippen MR) is 103 cm³/mol. The maximum atomic E-state index is 13.1. The molecule has 154 valence electrons. The molecule has 1 fully saturated rings. The number of nitrogens with zero attached hydrogens (tertiary/aromatic N) is 1.